The minimum atomic E-state index is 0.197. The molecule has 0 saturated heterocycles. The molecule has 3 unspecified atom stereocenters. The number of hydrazine groups is 1. The SMILES string of the molecule is CC1CCCC(C(NN)c2cc(Cl)cc(Br)c2)C1. The lowest BCUT2D eigenvalue weighted by molar-refractivity contribution is 0.224. The number of nitrogens with two attached hydrogens (primary N) is 1. The summed E-state index contributed by atoms with van der Waals surface area (Å²) in [6, 6.07) is 6.22. The molecule has 2 rings (SSSR count). The molecule has 1 saturated carbocycles. The summed E-state index contributed by atoms with van der Waals surface area (Å²) in [5, 5.41) is 0.753. The molecule has 0 amide bonds. The zero-order valence-electron chi connectivity index (χ0n) is 10.6. The van der Waals surface area contributed by atoms with Gasteiger partial charge in [-0.3, -0.25) is 11.3 Å². The number of rotatable bonds is 3. The molecule has 1 aromatic rings. The second-order valence-corrected chi connectivity index (χ2v) is 6.73. The molecule has 1 aliphatic carbocycles. The van der Waals surface area contributed by atoms with Crippen molar-refractivity contribution in [3.63, 3.8) is 0 Å². The van der Waals surface area contributed by atoms with Gasteiger partial charge in [0.1, 0.15) is 0 Å². The molecule has 0 aromatic heterocycles. The van der Waals surface area contributed by atoms with Crippen LogP contribution in [0, 0.1) is 11.8 Å². The topological polar surface area (TPSA) is 38.0 Å². The first-order chi connectivity index (χ1) is 8.60. The molecule has 2 nitrogen and oxygen atoms in total. The lowest BCUT2D eigenvalue weighted by Gasteiger charge is -2.33. The molecule has 0 bridgehead atoms. The van der Waals surface area contributed by atoms with Crippen LogP contribution in [-0.2, 0) is 0 Å². The van der Waals surface area contributed by atoms with E-state index in [1.807, 2.05) is 12.1 Å². The van der Waals surface area contributed by atoms with E-state index in [-0.39, 0.29) is 6.04 Å². The maximum absolute atomic E-state index is 6.12. The van der Waals surface area contributed by atoms with Gasteiger partial charge in [0, 0.05) is 15.5 Å². The molecule has 0 radical (unpaired) electrons. The van der Waals surface area contributed by atoms with E-state index < -0.39 is 0 Å². The van der Waals surface area contributed by atoms with Gasteiger partial charge in [-0.25, -0.2) is 0 Å². The Morgan fingerprint density at radius 1 is 1.39 bits per heavy atom. The maximum Gasteiger partial charge on any atom is 0.0489 e. The fraction of sp³-hybridized carbons (Fsp3) is 0.571. The summed E-state index contributed by atoms with van der Waals surface area (Å²) in [6.45, 7) is 2.33. The molecule has 0 spiro atoms. The summed E-state index contributed by atoms with van der Waals surface area (Å²) in [5.41, 5.74) is 4.16. The molecule has 0 heterocycles. The number of halogens is 2. The molecule has 1 aliphatic rings. The van der Waals surface area contributed by atoms with Crippen molar-refractivity contribution in [3.05, 3.63) is 33.3 Å². The first-order valence-corrected chi connectivity index (χ1v) is 7.69. The Labute approximate surface area is 122 Å². The highest BCUT2D eigenvalue weighted by Crippen LogP contribution is 2.38. The van der Waals surface area contributed by atoms with E-state index in [0.717, 1.165) is 15.4 Å². The predicted octanol–water partition coefficient (Wildman–Crippen LogP) is 4.43. The van der Waals surface area contributed by atoms with Crippen molar-refractivity contribution < 1.29 is 0 Å². The summed E-state index contributed by atoms with van der Waals surface area (Å²) >= 11 is 9.61. The predicted molar refractivity (Wildman–Crippen MR) is 80.3 cm³/mol. The van der Waals surface area contributed by atoms with E-state index in [4.69, 9.17) is 17.4 Å². The summed E-state index contributed by atoms with van der Waals surface area (Å²) in [4.78, 5) is 0. The number of hydrogen-bond acceptors (Lipinski definition) is 2. The smallest absolute Gasteiger partial charge is 0.0489 e. The van der Waals surface area contributed by atoms with Crippen molar-refractivity contribution in [2.75, 3.05) is 0 Å². The monoisotopic (exact) mass is 330 g/mol. The maximum atomic E-state index is 6.12. The van der Waals surface area contributed by atoms with Crippen LogP contribution in [0.5, 0.6) is 0 Å². The van der Waals surface area contributed by atoms with Crippen molar-refractivity contribution in [1.82, 2.24) is 5.43 Å². The highest BCUT2D eigenvalue weighted by Gasteiger charge is 2.27. The van der Waals surface area contributed by atoms with Gasteiger partial charge in [0.25, 0.3) is 0 Å². The molecule has 1 fully saturated rings. The molecule has 3 atom stereocenters. The van der Waals surface area contributed by atoms with Crippen molar-refractivity contribution in [2.45, 2.75) is 38.6 Å². The third kappa shape index (κ3) is 3.47. The van der Waals surface area contributed by atoms with Crippen LogP contribution < -0.4 is 11.3 Å². The van der Waals surface area contributed by atoms with Crippen molar-refractivity contribution in [1.29, 1.82) is 0 Å². The van der Waals surface area contributed by atoms with E-state index in [1.54, 1.807) is 0 Å². The molecule has 100 valence electrons. The third-order valence-corrected chi connectivity index (χ3v) is 4.55. The largest absolute Gasteiger partial charge is 0.271 e. The normalized spacial score (nSPS) is 26.0. The van der Waals surface area contributed by atoms with Crippen LogP contribution in [0.2, 0.25) is 5.02 Å². The molecule has 18 heavy (non-hydrogen) atoms. The van der Waals surface area contributed by atoms with Gasteiger partial charge >= 0.3 is 0 Å². The van der Waals surface area contributed by atoms with Gasteiger partial charge in [-0.2, -0.15) is 0 Å². The number of benzene rings is 1. The molecule has 3 N–H and O–H groups in total. The van der Waals surface area contributed by atoms with Crippen LogP contribution in [0.3, 0.4) is 0 Å². The second-order valence-electron chi connectivity index (χ2n) is 5.38. The fourth-order valence-corrected chi connectivity index (χ4v) is 3.93. The fourth-order valence-electron chi connectivity index (χ4n) is 3.04. The molecule has 4 heteroatoms. The van der Waals surface area contributed by atoms with Crippen molar-refractivity contribution in [3.8, 4) is 0 Å². The molecular weight excluding hydrogens is 312 g/mol. The summed E-state index contributed by atoms with van der Waals surface area (Å²) in [7, 11) is 0. The zero-order chi connectivity index (χ0) is 13.1. The molecular formula is C14H20BrClN2. The van der Waals surface area contributed by atoms with Gasteiger partial charge in [-0.15, -0.1) is 0 Å². The van der Waals surface area contributed by atoms with Crippen LogP contribution in [0.15, 0.2) is 22.7 Å². The lowest BCUT2D eigenvalue weighted by Crippen LogP contribution is -2.35. The van der Waals surface area contributed by atoms with Gasteiger partial charge in [0.05, 0.1) is 0 Å². The van der Waals surface area contributed by atoms with Crippen LogP contribution >= 0.6 is 27.5 Å². The van der Waals surface area contributed by atoms with Crippen molar-refractivity contribution >= 4 is 27.5 Å². The zero-order valence-corrected chi connectivity index (χ0v) is 13.0. The number of nitrogens with one attached hydrogen (secondary N) is 1. The van der Waals surface area contributed by atoms with E-state index >= 15 is 0 Å². The Bertz CT molecular complexity index is 391. The third-order valence-electron chi connectivity index (χ3n) is 3.87. The van der Waals surface area contributed by atoms with Gasteiger partial charge in [0.2, 0.25) is 0 Å². The number of hydrogen-bond donors (Lipinski definition) is 2. The van der Waals surface area contributed by atoms with E-state index in [2.05, 4.69) is 34.3 Å². The van der Waals surface area contributed by atoms with Gasteiger partial charge in [-0.1, -0.05) is 47.3 Å². The van der Waals surface area contributed by atoms with Crippen LogP contribution in [0.4, 0.5) is 0 Å². The average Bonchev–Trinajstić information content (AvgIpc) is 2.28. The highest BCUT2D eigenvalue weighted by atomic mass is 79.9. The van der Waals surface area contributed by atoms with Crippen LogP contribution in [0.1, 0.15) is 44.2 Å². The minimum absolute atomic E-state index is 0.197. The van der Waals surface area contributed by atoms with Crippen molar-refractivity contribution in [2.24, 2.45) is 17.7 Å². The quantitative estimate of drug-likeness (QED) is 0.635. The first-order valence-electron chi connectivity index (χ1n) is 6.52. The molecule has 1 aromatic carbocycles. The second kappa shape index (κ2) is 6.38. The summed E-state index contributed by atoms with van der Waals surface area (Å²) in [6.07, 6.45) is 5.11. The summed E-state index contributed by atoms with van der Waals surface area (Å²) in [5.74, 6) is 7.17. The Kier molecular flexibility index (Phi) is 5.07. The lowest BCUT2D eigenvalue weighted by atomic mass is 9.77. The minimum Gasteiger partial charge on any atom is -0.271 e. The van der Waals surface area contributed by atoms with Crippen LogP contribution in [0.25, 0.3) is 0 Å². The Balaban J connectivity index is 2.21. The highest BCUT2D eigenvalue weighted by molar-refractivity contribution is 9.10. The Morgan fingerprint density at radius 2 is 2.17 bits per heavy atom. The van der Waals surface area contributed by atoms with E-state index in [0.29, 0.717) is 5.92 Å². The van der Waals surface area contributed by atoms with Gasteiger partial charge < -0.3 is 0 Å². The van der Waals surface area contributed by atoms with E-state index in [9.17, 15) is 0 Å². The van der Waals surface area contributed by atoms with E-state index in [1.165, 1.54) is 31.2 Å². The van der Waals surface area contributed by atoms with Crippen LogP contribution in [-0.4, -0.2) is 0 Å². The van der Waals surface area contributed by atoms with Gasteiger partial charge in [0.15, 0.2) is 0 Å². The summed E-state index contributed by atoms with van der Waals surface area (Å²) < 4.78 is 1.01. The standard InChI is InChI=1S/C14H20BrClN2/c1-9-3-2-4-10(5-9)14(18-17)11-6-12(15)8-13(16)7-11/h6-10,14,18H,2-5,17H2,1H3. The Hall–Kier alpha value is -0.0900. The average molecular weight is 332 g/mol. The Morgan fingerprint density at radius 3 is 2.78 bits per heavy atom. The molecule has 0 aliphatic heterocycles. The van der Waals surface area contributed by atoms with Gasteiger partial charge in [-0.05, 0) is 48.4 Å². The first kappa shape index (κ1) is 14.3.